The van der Waals surface area contributed by atoms with Crippen LogP contribution in [0.25, 0.3) is 6.08 Å². The van der Waals surface area contributed by atoms with Gasteiger partial charge in [0.15, 0.2) is 5.78 Å². The molecule has 0 bridgehead atoms. The fraction of sp³-hybridized carbons (Fsp3) is 0.125. The first-order valence-electron chi connectivity index (χ1n) is 15.4. The highest BCUT2D eigenvalue weighted by molar-refractivity contribution is 6.12. The Bertz CT molecular complexity index is 1790. The van der Waals surface area contributed by atoms with E-state index in [0.29, 0.717) is 35.7 Å². The minimum Gasteiger partial charge on any atom is -0.492 e. The van der Waals surface area contributed by atoms with Crippen molar-refractivity contribution in [1.29, 1.82) is 0 Å². The molecule has 5 rings (SSSR count). The molecule has 0 aromatic heterocycles. The van der Waals surface area contributed by atoms with Crippen LogP contribution in [0, 0.1) is 0 Å². The summed E-state index contributed by atoms with van der Waals surface area (Å²) in [6.45, 7) is 1.11. The molecule has 0 heterocycles. The molecule has 0 spiro atoms. The zero-order valence-corrected chi connectivity index (χ0v) is 25.9. The maximum absolute atomic E-state index is 13.1. The lowest BCUT2D eigenvalue weighted by atomic mass is 10.00. The number of anilines is 1. The zero-order chi connectivity index (χ0) is 32.8. The molecular formula is C40H36N2O5. The minimum absolute atomic E-state index is 0.115. The lowest BCUT2D eigenvalue weighted by Gasteiger charge is -2.22. The average molecular weight is 625 g/mol. The molecular weight excluding hydrogens is 588 g/mol. The normalized spacial score (nSPS) is 11.5. The van der Waals surface area contributed by atoms with E-state index < -0.39 is 12.0 Å². The lowest BCUT2D eigenvalue weighted by molar-refractivity contribution is -0.137. The number of ketones is 1. The predicted octanol–water partition coefficient (Wildman–Crippen LogP) is 7.15. The number of amides is 1. The number of ether oxygens (including phenoxy) is 1. The van der Waals surface area contributed by atoms with Crippen LogP contribution in [0.2, 0.25) is 0 Å². The summed E-state index contributed by atoms with van der Waals surface area (Å²) in [4.78, 5) is 40.3. The number of carbonyl (C=O) groups is 3. The number of nitrogens with one attached hydrogen (secondary N) is 1. The van der Waals surface area contributed by atoms with Gasteiger partial charge in [-0.15, -0.1) is 0 Å². The standard InChI is InChI=1S/C40H36N2O5/c43-38(25-22-30-12-4-1-5-13-30)42(29-32-14-6-2-7-15-32)26-27-47-34-23-20-31(21-24-34)28-37(40(45)46)41-36-19-11-10-18-35(36)39(44)33-16-8-3-9-17-33/h1-25,37,41H,26-29H2,(H,45,46)/t37-/m0/s1. The summed E-state index contributed by atoms with van der Waals surface area (Å²) >= 11 is 0. The lowest BCUT2D eigenvalue weighted by Crippen LogP contribution is -2.33. The van der Waals surface area contributed by atoms with Crippen LogP contribution < -0.4 is 10.1 Å². The van der Waals surface area contributed by atoms with Gasteiger partial charge in [-0.25, -0.2) is 4.79 Å². The summed E-state index contributed by atoms with van der Waals surface area (Å²) in [5.41, 5.74) is 4.15. The molecule has 0 radical (unpaired) electrons. The Morgan fingerprint density at radius 2 is 1.34 bits per heavy atom. The van der Waals surface area contributed by atoms with E-state index in [1.54, 1.807) is 77.7 Å². The summed E-state index contributed by atoms with van der Waals surface area (Å²) in [5, 5.41) is 13.1. The fourth-order valence-electron chi connectivity index (χ4n) is 5.08. The van der Waals surface area contributed by atoms with E-state index in [2.05, 4.69) is 5.32 Å². The first-order valence-corrected chi connectivity index (χ1v) is 15.4. The second kappa shape index (κ2) is 16.4. The number of benzene rings is 5. The van der Waals surface area contributed by atoms with E-state index in [1.807, 2.05) is 78.9 Å². The molecule has 5 aromatic rings. The summed E-state index contributed by atoms with van der Waals surface area (Å²) in [5.74, 6) is -0.720. The molecule has 0 saturated carbocycles. The van der Waals surface area contributed by atoms with Gasteiger partial charge in [0.2, 0.25) is 5.91 Å². The van der Waals surface area contributed by atoms with Crippen molar-refractivity contribution >= 4 is 29.4 Å². The summed E-state index contributed by atoms with van der Waals surface area (Å²) in [7, 11) is 0. The Balaban J connectivity index is 1.20. The number of hydrogen-bond donors (Lipinski definition) is 2. The number of hydrogen-bond acceptors (Lipinski definition) is 5. The summed E-state index contributed by atoms with van der Waals surface area (Å²) in [6, 6.07) is 41.6. The number of rotatable bonds is 15. The molecule has 5 aromatic carbocycles. The van der Waals surface area contributed by atoms with E-state index in [9.17, 15) is 19.5 Å². The number of nitrogens with zero attached hydrogens (tertiary/aromatic N) is 1. The van der Waals surface area contributed by atoms with E-state index in [1.165, 1.54) is 0 Å². The summed E-state index contributed by atoms with van der Waals surface area (Å²) in [6.07, 6.45) is 3.57. The van der Waals surface area contributed by atoms with Crippen LogP contribution in [-0.4, -0.2) is 46.9 Å². The Morgan fingerprint density at radius 3 is 2.02 bits per heavy atom. The van der Waals surface area contributed by atoms with Crippen LogP contribution in [0.4, 0.5) is 5.69 Å². The van der Waals surface area contributed by atoms with Crippen molar-refractivity contribution in [2.24, 2.45) is 0 Å². The maximum atomic E-state index is 13.1. The topological polar surface area (TPSA) is 95.9 Å². The minimum atomic E-state index is -1.03. The number of aliphatic carboxylic acids is 1. The van der Waals surface area contributed by atoms with Crippen LogP contribution in [0.1, 0.15) is 32.6 Å². The highest BCUT2D eigenvalue weighted by atomic mass is 16.5. The Labute approximate surface area is 274 Å². The fourth-order valence-corrected chi connectivity index (χ4v) is 5.08. The smallest absolute Gasteiger partial charge is 0.326 e. The highest BCUT2D eigenvalue weighted by Crippen LogP contribution is 2.22. The van der Waals surface area contributed by atoms with E-state index >= 15 is 0 Å². The van der Waals surface area contributed by atoms with Gasteiger partial charge >= 0.3 is 5.97 Å². The molecule has 2 N–H and O–H groups in total. The second-order valence-electron chi connectivity index (χ2n) is 11.0. The summed E-state index contributed by atoms with van der Waals surface area (Å²) < 4.78 is 5.99. The van der Waals surface area contributed by atoms with Crippen LogP contribution in [0.15, 0.2) is 146 Å². The Kier molecular flexibility index (Phi) is 11.3. The van der Waals surface area contributed by atoms with E-state index in [4.69, 9.17) is 4.74 Å². The predicted molar refractivity (Wildman–Crippen MR) is 184 cm³/mol. The number of para-hydroxylation sites is 1. The van der Waals surface area contributed by atoms with Crippen LogP contribution in [0.3, 0.4) is 0 Å². The quantitative estimate of drug-likeness (QED) is 0.0949. The molecule has 1 amide bonds. The van der Waals surface area contributed by atoms with Crippen molar-refractivity contribution < 1.29 is 24.2 Å². The number of carboxylic acids is 1. The van der Waals surface area contributed by atoms with Crippen LogP contribution in [0.5, 0.6) is 5.75 Å². The van der Waals surface area contributed by atoms with Gasteiger partial charge in [-0.3, -0.25) is 9.59 Å². The molecule has 0 saturated heterocycles. The second-order valence-corrected chi connectivity index (χ2v) is 11.0. The van der Waals surface area contributed by atoms with Crippen molar-refractivity contribution in [3.8, 4) is 5.75 Å². The van der Waals surface area contributed by atoms with Crippen molar-refractivity contribution in [2.75, 3.05) is 18.5 Å². The van der Waals surface area contributed by atoms with Gasteiger partial charge in [-0.1, -0.05) is 115 Å². The average Bonchev–Trinajstić information content (AvgIpc) is 3.11. The first kappa shape index (κ1) is 32.4. The van der Waals surface area contributed by atoms with Crippen LogP contribution in [-0.2, 0) is 22.6 Å². The molecule has 7 heteroatoms. The van der Waals surface area contributed by atoms with Crippen molar-refractivity contribution in [3.05, 3.63) is 173 Å². The van der Waals surface area contributed by atoms with Crippen molar-refractivity contribution in [1.82, 2.24) is 4.90 Å². The first-order chi connectivity index (χ1) is 23.0. The Morgan fingerprint density at radius 1 is 0.723 bits per heavy atom. The molecule has 0 unspecified atom stereocenters. The van der Waals surface area contributed by atoms with Gasteiger partial charge in [-0.2, -0.15) is 0 Å². The highest BCUT2D eigenvalue weighted by Gasteiger charge is 2.21. The Hall–Kier alpha value is -5.95. The third-order valence-electron chi connectivity index (χ3n) is 7.57. The molecule has 0 aliphatic heterocycles. The van der Waals surface area contributed by atoms with Gasteiger partial charge < -0.3 is 20.1 Å². The third kappa shape index (κ3) is 9.52. The molecule has 0 aliphatic rings. The van der Waals surface area contributed by atoms with E-state index in [-0.39, 0.29) is 24.7 Å². The van der Waals surface area contributed by atoms with Gasteiger partial charge in [0.1, 0.15) is 18.4 Å². The molecule has 47 heavy (non-hydrogen) atoms. The molecule has 236 valence electrons. The van der Waals surface area contributed by atoms with Crippen LogP contribution >= 0.6 is 0 Å². The number of carboxylic acid groups (broad SMARTS) is 1. The maximum Gasteiger partial charge on any atom is 0.326 e. The van der Waals surface area contributed by atoms with Gasteiger partial charge in [0.05, 0.1) is 6.54 Å². The molecule has 0 fully saturated rings. The van der Waals surface area contributed by atoms with E-state index in [0.717, 1.165) is 16.7 Å². The largest absolute Gasteiger partial charge is 0.492 e. The SMILES string of the molecule is O=C(c1ccccc1)c1ccccc1N[C@@H](Cc1ccc(OCCN(Cc2ccccc2)C(=O)C=Cc2ccccc2)cc1)C(=O)O. The monoisotopic (exact) mass is 624 g/mol. The molecule has 7 nitrogen and oxygen atoms in total. The van der Waals surface area contributed by atoms with Crippen molar-refractivity contribution in [2.45, 2.75) is 19.0 Å². The van der Waals surface area contributed by atoms with Gasteiger partial charge in [0.25, 0.3) is 0 Å². The zero-order valence-electron chi connectivity index (χ0n) is 25.9. The van der Waals surface area contributed by atoms with Gasteiger partial charge in [0, 0.05) is 35.9 Å². The molecule has 1 atom stereocenters. The number of carbonyl (C=O) groups excluding carboxylic acids is 2. The molecule has 0 aliphatic carbocycles. The van der Waals surface area contributed by atoms with Gasteiger partial charge in [-0.05, 0) is 47.0 Å². The van der Waals surface area contributed by atoms with Crippen molar-refractivity contribution in [3.63, 3.8) is 0 Å². The third-order valence-corrected chi connectivity index (χ3v) is 7.57.